The van der Waals surface area contributed by atoms with Crippen molar-refractivity contribution in [3.05, 3.63) is 53.1 Å². The number of rotatable bonds is 1. The predicted octanol–water partition coefficient (Wildman–Crippen LogP) is 4.67. The Balaban J connectivity index is 1.96. The minimum Gasteiger partial charge on any atom is -0.353 e. The Hall–Kier alpha value is -2.26. The summed E-state index contributed by atoms with van der Waals surface area (Å²) in [7, 11) is 0. The van der Waals surface area contributed by atoms with E-state index < -0.39 is 0 Å². The third-order valence-electron chi connectivity index (χ3n) is 3.56. The summed E-state index contributed by atoms with van der Waals surface area (Å²) in [5, 5.41) is 10.4. The van der Waals surface area contributed by atoms with E-state index in [1.165, 1.54) is 10.9 Å². The molecule has 0 aliphatic heterocycles. The Morgan fingerprint density at radius 2 is 1.90 bits per heavy atom. The van der Waals surface area contributed by atoms with Gasteiger partial charge in [-0.05, 0) is 43.3 Å². The SMILES string of the molecule is Cc1ccc2[nH]c(-c3n[nH]c4cc(Cl)ccc34)cc2c1. The van der Waals surface area contributed by atoms with Crippen LogP contribution in [-0.2, 0) is 0 Å². The molecule has 0 saturated heterocycles. The van der Waals surface area contributed by atoms with Gasteiger partial charge in [0.2, 0.25) is 0 Å². The van der Waals surface area contributed by atoms with E-state index in [4.69, 9.17) is 11.6 Å². The molecule has 4 heteroatoms. The van der Waals surface area contributed by atoms with E-state index in [2.05, 4.69) is 46.4 Å². The summed E-state index contributed by atoms with van der Waals surface area (Å²) < 4.78 is 0. The number of fused-ring (bicyclic) bond motifs is 2. The normalized spacial score (nSPS) is 11.5. The van der Waals surface area contributed by atoms with Crippen LogP contribution in [-0.4, -0.2) is 15.2 Å². The van der Waals surface area contributed by atoms with E-state index in [9.17, 15) is 0 Å². The number of nitrogens with zero attached hydrogens (tertiary/aromatic N) is 1. The van der Waals surface area contributed by atoms with E-state index in [0.29, 0.717) is 5.02 Å². The smallest absolute Gasteiger partial charge is 0.116 e. The highest BCUT2D eigenvalue weighted by molar-refractivity contribution is 6.31. The van der Waals surface area contributed by atoms with Gasteiger partial charge in [-0.3, -0.25) is 5.10 Å². The molecule has 0 aliphatic rings. The van der Waals surface area contributed by atoms with Crippen LogP contribution in [0.1, 0.15) is 5.56 Å². The second-order valence-electron chi connectivity index (χ2n) is 5.04. The highest BCUT2D eigenvalue weighted by atomic mass is 35.5. The van der Waals surface area contributed by atoms with Gasteiger partial charge in [-0.25, -0.2) is 0 Å². The number of hydrogen-bond donors (Lipinski definition) is 2. The van der Waals surface area contributed by atoms with Crippen LogP contribution in [0.3, 0.4) is 0 Å². The van der Waals surface area contributed by atoms with Crippen LogP contribution in [0.15, 0.2) is 42.5 Å². The molecule has 0 spiro atoms. The summed E-state index contributed by atoms with van der Waals surface area (Å²) in [6, 6.07) is 14.3. The van der Waals surface area contributed by atoms with Gasteiger partial charge in [0.25, 0.3) is 0 Å². The Morgan fingerprint density at radius 3 is 2.80 bits per heavy atom. The van der Waals surface area contributed by atoms with Crippen molar-refractivity contribution in [2.45, 2.75) is 6.92 Å². The molecule has 3 nitrogen and oxygen atoms in total. The number of aryl methyl sites for hydroxylation is 1. The summed E-state index contributed by atoms with van der Waals surface area (Å²) in [6.45, 7) is 2.10. The molecule has 98 valence electrons. The molecule has 2 N–H and O–H groups in total. The van der Waals surface area contributed by atoms with E-state index >= 15 is 0 Å². The highest BCUT2D eigenvalue weighted by Crippen LogP contribution is 2.30. The van der Waals surface area contributed by atoms with E-state index in [0.717, 1.165) is 27.8 Å². The molecule has 2 aromatic carbocycles. The molecule has 0 atom stereocenters. The van der Waals surface area contributed by atoms with Gasteiger partial charge in [0.05, 0.1) is 11.2 Å². The fourth-order valence-corrected chi connectivity index (χ4v) is 2.75. The molecule has 4 rings (SSSR count). The van der Waals surface area contributed by atoms with Gasteiger partial charge in [0.1, 0.15) is 5.69 Å². The molecule has 20 heavy (non-hydrogen) atoms. The lowest BCUT2D eigenvalue weighted by Gasteiger charge is -1.94. The van der Waals surface area contributed by atoms with Crippen molar-refractivity contribution in [2.75, 3.05) is 0 Å². The number of nitrogens with one attached hydrogen (secondary N) is 2. The molecule has 0 fully saturated rings. The zero-order valence-electron chi connectivity index (χ0n) is 10.9. The van der Waals surface area contributed by atoms with Gasteiger partial charge in [-0.15, -0.1) is 0 Å². The Kier molecular flexibility index (Phi) is 2.38. The number of aromatic amines is 2. The van der Waals surface area contributed by atoms with E-state index in [-0.39, 0.29) is 0 Å². The maximum atomic E-state index is 6.00. The molecule has 0 saturated carbocycles. The number of aromatic nitrogens is 3. The monoisotopic (exact) mass is 281 g/mol. The van der Waals surface area contributed by atoms with Crippen molar-refractivity contribution in [1.29, 1.82) is 0 Å². The fourth-order valence-electron chi connectivity index (χ4n) is 2.58. The molecule has 0 bridgehead atoms. The summed E-state index contributed by atoms with van der Waals surface area (Å²) in [5.74, 6) is 0. The minimum absolute atomic E-state index is 0.708. The van der Waals surface area contributed by atoms with Crippen LogP contribution in [0, 0.1) is 6.92 Å². The molecule has 2 aromatic heterocycles. The number of H-pyrrole nitrogens is 2. The topological polar surface area (TPSA) is 44.5 Å². The summed E-state index contributed by atoms with van der Waals surface area (Å²) in [4.78, 5) is 3.42. The second-order valence-corrected chi connectivity index (χ2v) is 5.47. The van der Waals surface area contributed by atoms with Crippen LogP contribution in [0.5, 0.6) is 0 Å². The van der Waals surface area contributed by atoms with Crippen molar-refractivity contribution in [1.82, 2.24) is 15.2 Å². The molecular formula is C16H12ClN3. The first-order valence-corrected chi connectivity index (χ1v) is 6.82. The van der Waals surface area contributed by atoms with Crippen molar-refractivity contribution in [3.8, 4) is 11.4 Å². The third-order valence-corrected chi connectivity index (χ3v) is 3.79. The van der Waals surface area contributed by atoms with Crippen LogP contribution in [0.2, 0.25) is 5.02 Å². The molecule has 2 heterocycles. The molecule has 0 radical (unpaired) electrons. The number of hydrogen-bond acceptors (Lipinski definition) is 1. The Labute approximate surface area is 120 Å². The van der Waals surface area contributed by atoms with Crippen molar-refractivity contribution < 1.29 is 0 Å². The lowest BCUT2D eigenvalue weighted by Crippen LogP contribution is -1.77. The van der Waals surface area contributed by atoms with Gasteiger partial charge >= 0.3 is 0 Å². The van der Waals surface area contributed by atoms with Gasteiger partial charge < -0.3 is 4.98 Å². The van der Waals surface area contributed by atoms with E-state index in [1.807, 2.05) is 18.2 Å². The zero-order chi connectivity index (χ0) is 13.7. The van der Waals surface area contributed by atoms with Gasteiger partial charge in [0, 0.05) is 21.3 Å². The van der Waals surface area contributed by atoms with Gasteiger partial charge in [0.15, 0.2) is 0 Å². The zero-order valence-corrected chi connectivity index (χ0v) is 11.6. The summed E-state index contributed by atoms with van der Waals surface area (Å²) in [6.07, 6.45) is 0. The predicted molar refractivity (Wildman–Crippen MR) is 83.1 cm³/mol. The summed E-state index contributed by atoms with van der Waals surface area (Å²) >= 11 is 6.00. The Bertz CT molecular complexity index is 933. The average Bonchev–Trinajstić information content (AvgIpc) is 3.00. The van der Waals surface area contributed by atoms with Crippen molar-refractivity contribution in [2.24, 2.45) is 0 Å². The summed E-state index contributed by atoms with van der Waals surface area (Å²) in [5.41, 5.74) is 5.25. The lowest BCUT2D eigenvalue weighted by molar-refractivity contribution is 1.12. The van der Waals surface area contributed by atoms with Gasteiger partial charge in [-0.2, -0.15) is 5.10 Å². The second kappa shape index (κ2) is 4.12. The maximum absolute atomic E-state index is 6.00. The highest BCUT2D eigenvalue weighted by Gasteiger charge is 2.11. The van der Waals surface area contributed by atoms with Crippen LogP contribution < -0.4 is 0 Å². The molecular weight excluding hydrogens is 270 g/mol. The first-order valence-electron chi connectivity index (χ1n) is 6.44. The van der Waals surface area contributed by atoms with Crippen molar-refractivity contribution in [3.63, 3.8) is 0 Å². The van der Waals surface area contributed by atoms with E-state index in [1.54, 1.807) is 0 Å². The minimum atomic E-state index is 0.708. The fraction of sp³-hybridized carbons (Fsp3) is 0.0625. The Morgan fingerprint density at radius 1 is 1.00 bits per heavy atom. The molecule has 0 aliphatic carbocycles. The molecule has 4 aromatic rings. The largest absolute Gasteiger partial charge is 0.353 e. The number of benzene rings is 2. The van der Waals surface area contributed by atoms with Crippen LogP contribution >= 0.6 is 11.6 Å². The third kappa shape index (κ3) is 1.71. The molecule has 0 unspecified atom stereocenters. The quantitative estimate of drug-likeness (QED) is 0.523. The lowest BCUT2D eigenvalue weighted by atomic mass is 10.1. The molecule has 0 amide bonds. The first-order chi connectivity index (χ1) is 9.70. The maximum Gasteiger partial charge on any atom is 0.116 e. The van der Waals surface area contributed by atoms with Crippen LogP contribution in [0.4, 0.5) is 0 Å². The van der Waals surface area contributed by atoms with Crippen LogP contribution in [0.25, 0.3) is 33.2 Å². The average molecular weight is 282 g/mol. The van der Waals surface area contributed by atoms with Gasteiger partial charge in [-0.1, -0.05) is 23.2 Å². The first kappa shape index (κ1) is 11.6. The van der Waals surface area contributed by atoms with Crippen molar-refractivity contribution >= 4 is 33.4 Å². The number of halogens is 1. The standard InChI is InChI=1S/C16H12ClN3/c1-9-2-5-13-10(6-9)7-15(18-13)16-12-4-3-11(17)8-14(12)19-20-16/h2-8,18H,1H3,(H,19,20).